The third-order valence-electron chi connectivity index (χ3n) is 5.10. The summed E-state index contributed by atoms with van der Waals surface area (Å²) < 4.78 is 1.47. The zero-order valence-electron chi connectivity index (χ0n) is 17.4. The van der Waals surface area contributed by atoms with E-state index in [1.54, 1.807) is 18.5 Å². The molecule has 0 bridgehead atoms. The number of nitriles is 1. The van der Waals surface area contributed by atoms with Gasteiger partial charge in [0.05, 0.1) is 17.9 Å². The summed E-state index contributed by atoms with van der Waals surface area (Å²) in [6.45, 7) is 5.78. The number of carbonyl (C=O) groups excluding carboxylic acids is 2. The quantitative estimate of drug-likeness (QED) is 0.747. The smallest absolute Gasteiger partial charge is 0.248 e. The monoisotopic (exact) mass is 411 g/mol. The minimum Gasteiger partial charge on any atom is -0.391 e. The fraction of sp³-hybridized carbons (Fsp3) is 0.500. The molecule has 158 valence electrons. The molecule has 10 heteroatoms. The van der Waals surface area contributed by atoms with E-state index in [0.717, 1.165) is 0 Å². The van der Waals surface area contributed by atoms with E-state index in [0.29, 0.717) is 16.8 Å². The Morgan fingerprint density at radius 1 is 1.37 bits per heavy atom. The molecule has 0 aliphatic carbocycles. The van der Waals surface area contributed by atoms with E-state index in [1.807, 2.05) is 26.8 Å². The first kappa shape index (κ1) is 21.4. The minimum absolute atomic E-state index is 0.0825. The molecule has 2 amide bonds. The number of aliphatic hydroxyl groups is 1. The van der Waals surface area contributed by atoms with E-state index in [1.165, 1.54) is 22.8 Å². The van der Waals surface area contributed by atoms with Crippen LogP contribution in [0.4, 0.5) is 0 Å². The van der Waals surface area contributed by atoms with Crippen molar-refractivity contribution in [1.29, 1.82) is 5.26 Å². The molecule has 0 spiro atoms. The number of aliphatic hydroxyl groups excluding tert-OH is 1. The first-order valence-corrected chi connectivity index (χ1v) is 9.63. The molecule has 1 aliphatic heterocycles. The van der Waals surface area contributed by atoms with Gasteiger partial charge in [-0.3, -0.25) is 14.6 Å². The topological polar surface area (TPSA) is 137 Å². The normalized spacial score (nSPS) is 19.9. The van der Waals surface area contributed by atoms with Crippen molar-refractivity contribution in [1.82, 2.24) is 30.2 Å². The van der Waals surface area contributed by atoms with Crippen LogP contribution in [0.5, 0.6) is 0 Å². The van der Waals surface area contributed by atoms with Crippen molar-refractivity contribution in [2.75, 3.05) is 13.6 Å². The van der Waals surface area contributed by atoms with E-state index < -0.39 is 23.6 Å². The van der Waals surface area contributed by atoms with Gasteiger partial charge in [0.2, 0.25) is 11.8 Å². The Balaban J connectivity index is 1.96. The van der Waals surface area contributed by atoms with Crippen molar-refractivity contribution in [2.45, 2.75) is 45.4 Å². The predicted octanol–water partition coefficient (Wildman–Crippen LogP) is 0.507. The van der Waals surface area contributed by atoms with Gasteiger partial charge in [-0.25, -0.2) is 4.68 Å². The summed E-state index contributed by atoms with van der Waals surface area (Å²) in [4.78, 5) is 31.2. The molecule has 30 heavy (non-hydrogen) atoms. The highest BCUT2D eigenvalue weighted by molar-refractivity contribution is 5.90. The van der Waals surface area contributed by atoms with Gasteiger partial charge in [0.25, 0.3) is 0 Å². The molecule has 2 aromatic heterocycles. The van der Waals surface area contributed by atoms with Crippen LogP contribution in [-0.4, -0.2) is 67.5 Å². The van der Waals surface area contributed by atoms with Crippen molar-refractivity contribution in [3.63, 3.8) is 0 Å². The highest BCUT2D eigenvalue weighted by Gasteiger charge is 2.45. The molecule has 3 heterocycles. The molecule has 0 saturated carbocycles. The molecule has 3 atom stereocenters. The average molecular weight is 411 g/mol. The molecule has 3 rings (SSSR count). The Labute approximate surface area is 174 Å². The number of amides is 2. The molecule has 2 unspecified atom stereocenters. The largest absolute Gasteiger partial charge is 0.391 e. The van der Waals surface area contributed by atoms with Gasteiger partial charge in [0, 0.05) is 38.0 Å². The molecule has 2 N–H and O–H groups in total. The number of nitrogens with one attached hydrogen (secondary N) is 1. The van der Waals surface area contributed by atoms with Crippen LogP contribution >= 0.6 is 0 Å². The summed E-state index contributed by atoms with van der Waals surface area (Å²) in [5, 5.41) is 30.0. The van der Waals surface area contributed by atoms with E-state index in [2.05, 4.69) is 20.6 Å². The van der Waals surface area contributed by atoms with Gasteiger partial charge in [-0.1, -0.05) is 26.0 Å². The fourth-order valence-corrected chi connectivity index (χ4v) is 3.69. The van der Waals surface area contributed by atoms with Crippen LogP contribution in [0.25, 0.3) is 11.3 Å². The molecular weight excluding hydrogens is 386 g/mol. The zero-order chi connectivity index (χ0) is 22.1. The fourth-order valence-electron chi connectivity index (χ4n) is 3.69. The second-order valence-corrected chi connectivity index (χ2v) is 8.44. The van der Waals surface area contributed by atoms with Crippen LogP contribution in [0, 0.1) is 16.7 Å². The third kappa shape index (κ3) is 4.16. The van der Waals surface area contributed by atoms with Gasteiger partial charge < -0.3 is 15.3 Å². The molecule has 1 aliphatic rings. The van der Waals surface area contributed by atoms with Crippen molar-refractivity contribution < 1.29 is 14.7 Å². The molecule has 10 nitrogen and oxygen atoms in total. The Bertz CT molecular complexity index is 989. The maximum Gasteiger partial charge on any atom is 0.248 e. The summed E-state index contributed by atoms with van der Waals surface area (Å²) in [6, 6.07) is 2.20. The number of hydrogen-bond acceptors (Lipinski definition) is 7. The lowest BCUT2D eigenvalue weighted by atomic mass is 9.85. The van der Waals surface area contributed by atoms with Gasteiger partial charge in [-0.15, -0.1) is 5.10 Å². The van der Waals surface area contributed by atoms with Gasteiger partial charge in [0.15, 0.2) is 0 Å². The summed E-state index contributed by atoms with van der Waals surface area (Å²) in [7, 11) is 1.50. The number of β-amino-alcohol motifs (C(OH)–C–C–N with tert-alkyl or cyclic N) is 1. The second kappa shape index (κ2) is 8.20. The van der Waals surface area contributed by atoms with E-state index in [-0.39, 0.29) is 24.8 Å². The summed E-state index contributed by atoms with van der Waals surface area (Å²) in [6.07, 6.45) is 4.09. The van der Waals surface area contributed by atoms with Gasteiger partial charge in [-0.05, 0) is 11.5 Å². The van der Waals surface area contributed by atoms with Crippen LogP contribution < -0.4 is 5.32 Å². The van der Waals surface area contributed by atoms with Crippen molar-refractivity contribution in [3.8, 4) is 17.3 Å². The van der Waals surface area contributed by atoms with Crippen molar-refractivity contribution >= 4 is 11.8 Å². The molecule has 0 aromatic carbocycles. The van der Waals surface area contributed by atoms with Crippen LogP contribution in [-0.2, 0) is 9.59 Å². The molecule has 2 aromatic rings. The summed E-state index contributed by atoms with van der Waals surface area (Å²) in [5.41, 5.74) is 0.937. The number of aromatic nitrogens is 4. The first-order chi connectivity index (χ1) is 14.2. The third-order valence-corrected chi connectivity index (χ3v) is 5.10. The Kier molecular flexibility index (Phi) is 5.85. The van der Waals surface area contributed by atoms with Crippen LogP contribution in [0.3, 0.4) is 0 Å². The number of pyridine rings is 1. The Hall–Kier alpha value is -3.32. The molecule has 1 fully saturated rings. The van der Waals surface area contributed by atoms with Crippen LogP contribution in [0.15, 0.2) is 24.7 Å². The highest BCUT2D eigenvalue weighted by Crippen LogP contribution is 2.34. The van der Waals surface area contributed by atoms with Gasteiger partial charge >= 0.3 is 0 Å². The number of hydrogen-bond donors (Lipinski definition) is 2. The van der Waals surface area contributed by atoms with Crippen molar-refractivity contribution in [3.05, 3.63) is 30.2 Å². The zero-order valence-corrected chi connectivity index (χ0v) is 17.4. The SMILES string of the molecule is CNC(=O)C1CC(O)CN1C(=O)[C@@H](n1cc(-c2cncc(C#N)c2)nn1)C(C)(C)C. The lowest BCUT2D eigenvalue weighted by molar-refractivity contribution is -0.144. The van der Waals surface area contributed by atoms with E-state index in [9.17, 15) is 14.7 Å². The molecule has 0 radical (unpaired) electrons. The Morgan fingerprint density at radius 3 is 2.73 bits per heavy atom. The predicted molar refractivity (Wildman–Crippen MR) is 107 cm³/mol. The van der Waals surface area contributed by atoms with Gasteiger partial charge in [-0.2, -0.15) is 5.26 Å². The number of likely N-dealkylation sites (N-methyl/N-ethyl adjacent to an activating group) is 1. The highest BCUT2D eigenvalue weighted by atomic mass is 16.3. The van der Waals surface area contributed by atoms with Crippen LogP contribution in [0.1, 0.15) is 38.8 Å². The summed E-state index contributed by atoms with van der Waals surface area (Å²) >= 11 is 0. The maximum atomic E-state index is 13.5. The second-order valence-electron chi connectivity index (χ2n) is 8.44. The molecular formula is C20H25N7O3. The maximum absolute atomic E-state index is 13.5. The van der Waals surface area contributed by atoms with E-state index in [4.69, 9.17) is 5.26 Å². The lowest BCUT2D eigenvalue weighted by Crippen LogP contribution is -2.49. The number of rotatable bonds is 4. The minimum atomic E-state index is -0.761. The summed E-state index contributed by atoms with van der Waals surface area (Å²) in [5.74, 6) is -0.626. The number of nitrogens with zero attached hydrogens (tertiary/aromatic N) is 6. The van der Waals surface area contributed by atoms with Crippen LogP contribution in [0.2, 0.25) is 0 Å². The standard InChI is InChI=1S/C20H25N7O3/c1-20(2,3)17(19(30)26-10-14(28)6-16(26)18(29)22-4)27-11-15(24-25-27)13-5-12(7-21)8-23-9-13/h5,8-9,11,14,16-17,28H,6,10H2,1-4H3,(H,22,29)/t14?,16?,17-/m1/s1. The number of carbonyl (C=O) groups is 2. The van der Waals surface area contributed by atoms with Gasteiger partial charge in [0.1, 0.15) is 23.8 Å². The Morgan fingerprint density at radius 2 is 2.10 bits per heavy atom. The lowest BCUT2D eigenvalue weighted by Gasteiger charge is -2.34. The first-order valence-electron chi connectivity index (χ1n) is 9.63. The van der Waals surface area contributed by atoms with Crippen molar-refractivity contribution in [2.24, 2.45) is 5.41 Å². The van der Waals surface area contributed by atoms with E-state index >= 15 is 0 Å². The average Bonchev–Trinajstić information content (AvgIpc) is 3.33. The molecule has 1 saturated heterocycles. The number of likely N-dealkylation sites (tertiary alicyclic amines) is 1.